The van der Waals surface area contributed by atoms with Crippen LogP contribution in [0.25, 0.3) is 88.0 Å². The normalized spacial score (nSPS) is 11.7. The predicted octanol–water partition coefficient (Wildman–Crippen LogP) is 10.2. The molecule has 0 atom stereocenters. The van der Waals surface area contributed by atoms with E-state index in [-0.39, 0.29) is 0 Å². The first kappa shape index (κ1) is 23.8. The van der Waals surface area contributed by atoms with E-state index in [0.717, 1.165) is 49.6 Å². The van der Waals surface area contributed by atoms with Crippen LogP contribution in [-0.4, -0.2) is 15.0 Å². The standard InChI is InChI=1S/C39H23N3O/c1-2-10-28-24(8-1)19-20-34-37(28)38-39(43-34)42-33(23-41-38)25-15-17-26(18-16-25)35-29-11-3-5-13-31(29)36(27-9-7-21-40-22-27)32-14-6-4-12-30(32)35/h1-23H. The lowest BCUT2D eigenvalue weighted by atomic mass is 9.86. The molecule has 4 nitrogen and oxygen atoms in total. The van der Waals surface area contributed by atoms with Crippen molar-refractivity contribution in [1.29, 1.82) is 0 Å². The molecule has 0 bridgehead atoms. The van der Waals surface area contributed by atoms with Crippen LogP contribution in [0.15, 0.2) is 144 Å². The molecule has 4 heteroatoms. The highest BCUT2D eigenvalue weighted by Crippen LogP contribution is 2.43. The molecule has 3 heterocycles. The molecule has 0 saturated carbocycles. The van der Waals surface area contributed by atoms with Gasteiger partial charge in [0.05, 0.1) is 17.3 Å². The van der Waals surface area contributed by atoms with Crippen molar-refractivity contribution in [1.82, 2.24) is 15.0 Å². The number of hydrogen-bond acceptors (Lipinski definition) is 4. The monoisotopic (exact) mass is 549 g/mol. The summed E-state index contributed by atoms with van der Waals surface area (Å²) in [6, 6.07) is 42.5. The molecule has 0 aliphatic rings. The quantitative estimate of drug-likeness (QED) is 0.206. The molecule has 0 N–H and O–H groups in total. The van der Waals surface area contributed by atoms with Crippen molar-refractivity contribution in [2.24, 2.45) is 0 Å². The first-order chi connectivity index (χ1) is 21.3. The smallest absolute Gasteiger partial charge is 0.246 e. The average Bonchev–Trinajstić information content (AvgIpc) is 3.46. The fourth-order valence-corrected chi connectivity index (χ4v) is 6.51. The van der Waals surface area contributed by atoms with E-state index in [2.05, 4.69) is 102 Å². The first-order valence-corrected chi connectivity index (χ1v) is 14.4. The number of fused-ring (bicyclic) bond motifs is 7. The van der Waals surface area contributed by atoms with Crippen LogP contribution in [0.2, 0.25) is 0 Å². The van der Waals surface area contributed by atoms with Gasteiger partial charge in [0, 0.05) is 23.5 Å². The largest absolute Gasteiger partial charge is 0.436 e. The summed E-state index contributed by atoms with van der Waals surface area (Å²) < 4.78 is 6.18. The zero-order valence-corrected chi connectivity index (χ0v) is 23.0. The predicted molar refractivity (Wildman–Crippen MR) is 176 cm³/mol. The van der Waals surface area contributed by atoms with Crippen LogP contribution in [0.3, 0.4) is 0 Å². The first-order valence-electron chi connectivity index (χ1n) is 14.4. The zero-order chi connectivity index (χ0) is 28.3. The third-order valence-corrected chi connectivity index (χ3v) is 8.43. The molecule has 0 radical (unpaired) electrons. The molecule has 0 unspecified atom stereocenters. The summed E-state index contributed by atoms with van der Waals surface area (Å²) in [6.45, 7) is 0. The molecule has 9 rings (SSSR count). The molecule has 6 aromatic carbocycles. The average molecular weight is 550 g/mol. The summed E-state index contributed by atoms with van der Waals surface area (Å²) in [7, 11) is 0. The Kier molecular flexibility index (Phi) is 5.16. The Hall–Kier alpha value is -5.87. The molecule has 0 saturated heterocycles. The highest BCUT2D eigenvalue weighted by atomic mass is 16.3. The fraction of sp³-hybridized carbons (Fsp3) is 0. The molecule has 43 heavy (non-hydrogen) atoms. The number of pyridine rings is 1. The van der Waals surface area contributed by atoms with Gasteiger partial charge in [-0.25, -0.2) is 9.97 Å². The third-order valence-electron chi connectivity index (χ3n) is 8.43. The van der Waals surface area contributed by atoms with E-state index < -0.39 is 0 Å². The van der Waals surface area contributed by atoms with E-state index in [9.17, 15) is 0 Å². The number of nitrogens with zero attached hydrogens (tertiary/aromatic N) is 3. The third kappa shape index (κ3) is 3.67. The van der Waals surface area contributed by atoms with Gasteiger partial charge in [-0.1, -0.05) is 109 Å². The van der Waals surface area contributed by atoms with Gasteiger partial charge in [0.2, 0.25) is 5.71 Å². The topological polar surface area (TPSA) is 51.8 Å². The number of rotatable bonds is 3. The minimum absolute atomic E-state index is 0.552. The minimum Gasteiger partial charge on any atom is -0.436 e. The van der Waals surface area contributed by atoms with Crippen LogP contribution in [0, 0.1) is 0 Å². The summed E-state index contributed by atoms with van der Waals surface area (Å²) in [5.74, 6) is 0. The van der Waals surface area contributed by atoms with Crippen molar-refractivity contribution in [2.45, 2.75) is 0 Å². The summed E-state index contributed by atoms with van der Waals surface area (Å²) in [6.07, 6.45) is 5.62. The van der Waals surface area contributed by atoms with Crippen LogP contribution in [0.5, 0.6) is 0 Å². The second-order valence-electron chi connectivity index (χ2n) is 10.8. The Morgan fingerprint density at radius 3 is 1.79 bits per heavy atom. The van der Waals surface area contributed by atoms with Gasteiger partial charge in [-0.05, 0) is 61.1 Å². The van der Waals surface area contributed by atoms with Gasteiger partial charge in [-0.15, -0.1) is 0 Å². The van der Waals surface area contributed by atoms with E-state index in [4.69, 9.17) is 14.4 Å². The van der Waals surface area contributed by atoms with Gasteiger partial charge in [0.15, 0.2) is 0 Å². The van der Waals surface area contributed by atoms with E-state index in [1.54, 1.807) is 0 Å². The Bertz CT molecular complexity index is 2440. The fourth-order valence-electron chi connectivity index (χ4n) is 6.51. The molecule has 9 aromatic rings. The maximum absolute atomic E-state index is 6.18. The maximum Gasteiger partial charge on any atom is 0.246 e. The second-order valence-corrected chi connectivity index (χ2v) is 10.8. The van der Waals surface area contributed by atoms with Gasteiger partial charge >= 0.3 is 0 Å². The molecular weight excluding hydrogens is 526 g/mol. The van der Waals surface area contributed by atoms with Gasteiger partial charge in [0.25, 0.3) is 0 Å². The highest BCUT2D eigenvalue weighted by Gasteiger charge is 2.17. The van der Waals surface area contributed by atoms with Crippen molar-refractivity contribution in [3.63, 3.8) is 0 Å². The van der Waals surface area contributed by atoms with Gasteiger partial charge in [-0.2, -0.15) is 0 Å². The summed E-state index contributed by atoms with van der Waals surface area (Å²) in [5, 5.41) is 8.14. The van der Waals surface area contributed by atoms with Crippen LogP contribution in [0.1, 0.15) is 0 Å². The zero-order valence-electron chi connectivity index (χ0n) is 23.0. The lowest BCUT2D eigenvalue weighted by Crippen LogP contribution is -1.91. The van der Waals surface area contributed by atoms with Crippen molar-refractivity contribution >= 4 is 54.5 Å². The van der Waals surface area contributed by atoms with Crippen molar-refractivity contribution in [3.8, 4) is 33.5 Å². The Balaban J connectivity index is 1.20. The lowest BCUT2D eigenvalue weighted by molar-refractivity contribution is 0.654. The van der Waals surface area contributed by atoms with Gasteiger partial charge in [-0.3, -0.25) is 4.98 Å². The van der Waals surface area contributed by atoms with E-state index >= 15 is 0 Å². The van der Waals surface area contributed by atoms with Crippen LogP contribution >= 0.6 is 0 Å². The molecule has 200 valence electrons. The Morgan fingerprint density at radius 2 is 1.12 bits per heavy atom. The van der Waals surface area contributed by atoms with Crippen molar-refractivity contribution < 1.29 is 4.42 Å². The Labute approximate surface area is 246 Å². The van der Waals surface area contributed by atoms with E-state index in [1.165, 1.54) is 32.7 Å². The molecule has 0 amide bonds. The van der Waals surface area contributed by atoms with Gasteiger partial charge in [0.1, 0.15) is 11.1 Å². The number of hydrogen-bond donors (Lipinski definition) is 0. The van der Waals surface area contributed by atoms with Crippen LogP contribution < -0.4 is 0 Å². The molecule has 0 aliphatic carbocycles. The lowest BCUT2D eigenvalue weighted by Gasteiger charge is -2.17. The van der Waals surface area contributed by atoms with Crippen molar-refractivity contribution in [2.75, 3.05) is 0 Å². The maximum atomic E-state index is 6.18. The number of benzene rings is 6. The second kappa shape index (κ2) is 9.33. The van der Waals surface area contributed by atoms with E-state index in [0.29, 0.717) is 5.71 Å². The van der Waals surface area contributed by atoms with Crippen molar-refractivity contribution in [3.05, 3.63) is 140 Å². The molecule has 0 aliphatic heterocycles. The molecule has 3 aromatic heterocycles. The van der Waals surface area contributed by atoms with E-state index in [1.807, 2.05) is 42.9 Å². The molecule has 0 spiro atoms. The van der Waals surface area contributed by atoms with Crippen LogP contribution in [0.4, 0.5) is 0 Å². The summed E-state index contributed by atoms with van der Waals surface area (Å²) in [4.78, 5) is 14.2. The Morgan fingerprint density at radius 1 is 0.488 bits per heavy atom. The SMILES string of the molecule is c1cncc(-c2c3ccccc3c(-c3ccc(-c4cnc5c(n4)oc4ccc6ccccc6c45)cc3)c3ccccc23)c1. The highest BCUT2D eigenvalue weighted by molar-refractivity contribution is 6.21. The number of furan rings is 1. The summed E-state index contributed by atoms with van der Waals surface area (Å²) in [5.41, 5.74) is 8.61. The molecular formula is C39H23N3O. The minimum atomic E-state index is 0.552. The molecule has 0 fully saturated rings. The van der Waals surface area contributed by atoms with Gasteiger partial charge < -0.3 is 4.42 Å². The summed E-state index contributed by atoms with van der Waals surface area (Å²) >= 11 is 0. The number of aromatic nitrogens is 3. The van der Waals surface area contributed by atoms with Crippen LogP contribution in [-0.2, 0) is 0 Å².